The Labute approximate surface area is 112 Å². The van der Waals surface area contributed by atoms with Gasteiger partial charge in [0.05, 0.1) is 12.7 Å². The number of hydrogen-bond donors (Lipinski definition) is 2. The van der Waals surface area contributed by atoms with Crippen molar-refractivity contribution >= 4 is 5.97 Å². The van der Waals surface area contributed by atoms with Gasteiger partial charge in [0.15, 0.2) is 11.5 Å². The number of benzene rings is 1. The van der Waals surface area contributed by atoms with E-state index in [2.05, 4.69) is 0 Å². The van der Waals surface area contributed by atoms with Crippen LogP contribution in [0.1, 0.15) is 36.0 Å². The molecule has 1 aromatic rings. The average molecular weight is 265 g/mol. The molecule has 2 rings (SSSR count). The fraction of sp³-hybridized carbons (Fsp3) is 0.500. The van der Waals surface area contributed by atoms with Crippen molar-refractivity contribution in [1.29, 1.82) is 0 Å². The molecular formula is C14H19NO4. The number of methoxy groups -OCH3 is 1. The van der Waals surface area contributed by atoms with Gasteiger partial charge < -0.3 is 20.3 Å². The van der Waals surface area contributed by atoms with Crippen LogP contribution >= 0.6 is 0 Å². The van der Waals surface area contributed by atoms with Crippen LogP contribution in [-0.2, 0) is 0 Å². The monoisotopic (exact) mass is 265 g/mol. The summed E-state index contributed by atoms with van der Waals surface area (Å²) in [5.41, 5.74) is 6.11. The molecule has 2 atom stereocenters. The van der Waals surface area contributed by atoms with Crippen molar-refractivity contribution in [2.45, 2.75) is 37.8 Å². The zero-order chi connectivity index (χ0) is 13.8. The maximum absolute atomic E-state index is 10.9. The first-order valence-corrected chi connectivity index (χ1v) is 6.43. The molecule has 5 nitrogen and oxygen atoms in total. The molecule has 19 heavy (non-hydrogen) atoms. The van der Waals surface area contributed by atoms with E-state index in [0.29, 0.717) is 11.5 Å². The van der Waals surface area contributed by atoms with Crippen molar-refractivity contribution in [1.82, 2.24) is 0 Å². The lowest BCUT2D eigenvalue weighted by Crippen LogP contribution is -2.33. The van der Waals surface area contributed by atoms with E-state index in [-0.39, 0.29) is 17.7 Å². The maximum atomic E-state index is 10.9. The standard InChI is InChI=1S/C14H19NO4/c1-18-13-7-9(14(16)17)5-6-12(13)19-11-4-2-3-10(15)8-11/h5-7,10-11H,2-4,8,15H2,1H3,(H,16,17). The van der Waals surface area contributed by atoms with Crippen LogP contribution in [0.2, 0.25) is 0 Å². The molecule has 1 aromatic carbocycles. The van der Waals surface area contributed by atoms with Gasteiger partial charge in [0.2, 0.25) is 0 Å². The van der Waals surface area contributed by atoms with Gasteiger partial charge in [0.25, 0.3) is 0 Å². The fourth-order valence-corrected chi connectivity index (χ4v) is 2.37. The number of nitrogens with two attached hydrogens (primary N) is 1. The lowest BCUT2D eigenvalue weighted by atomic mass is 9.93. The molecule has 1 aliphatic rings. The van der Waals surface area contributed by atoms with E-state index in [1.165, 1.54) is 19.2 Å². The summed E-state index contributed by atoms with van der Waals surface area (Å²) >= 11 is 0. The highest BCUT2D eigenvalue weighted by molar-refractivity contribution is 5.88. The van der Waals surface area contributed by atoms with Gasteiger partial charge in [-0.1, -0.05) is 0 Å². The van der Waals surface area contributed by atoms with Crippen molar-refractivity contribution in [3.63, 3.8) is 0 Å². The number of ether oxygens (including phenoxy) is 2. The van der Waals surface area contributed by atoms with Gasteiger partial charge in [-0.15, -0.1) is 0 Å². The van der Waals surface area contributed by atoms with E-state index in [1.54, 1.807) is 6.07 Å². The van der Waals surface area contributed by atoms with Crippen LogP contribution in [0, 0.1) is 0 Å². The molecule has 0 bridgehead atoms. The topological polar surface area (TPSA) is 81.8 Å². The Morgan fingerprint density at radius 1 is 1.37 bits per heavy atom. The van der Waals surface area contributed by atoms with Crippen LogP contribution in [0.3, 0.4) is 0 Å². The highest BCUT2D eigenvalue weighted by Gasteiger charge is 2.22. The van der Waals surface area contributed by atoms with Gasteiger partial charge >= 0.3 is 5.97 Å². The van der Waals surface area contributed by atoms with E-state index >= 15 is 0 Å². The van der Waals surface area contributed by atoms with Crippen molar-refractivity contribution in [2.75, 3.05) is 7.11 Å². The molecule has 2 unspecified atom stereocenters. The molecule has 0 heterocycles. The predicted octanol–water partition coefficient (Wildman–Crippen LogP) is 2.04. The van der Waals surface area contributed by atoms with Crippen molar-refractivity contribution in [2.24, 2.45) is 5.73 Å². The third kappa shape index (κ3) is 3.38. The van der Waals surface area contributed by atoms with E-state index < -0.39 is 5.97 Å². The minimum atomic E-state index is -0.982. The summed E-state index contributed by atoms with van der Waals surface area (Å²) in [4.78, 5) is 10.9. The van der Waals surface area contributed by atoms with Gasteiger partial charge in [0, 0.05) is 6.04 Å². The van der Waals surface area contributed by atoms with Gasteiger partial charge in [-0.05, 0) is 43.9 Å². The summed E-state index contributed by atoms with van der Waals surface area (Å²) in [6, 6.07) is 4.81. The Hall–Kier alpha value is -1.75. The van der Waals surface area contributed by atoms with E-state index in [1.807, 2.05) is 0 Å². The summed E-state index contributed by atoms with van der Waals surface area (Å²) in [6.45, 7) is 0. The van der Waals surface area contributed by atoms with Gasteiger partial charge in [-0.3, -0.25) is 0 Å². The van der Waals surface area contributed by atoms with Crippen LogP contribution < -0.4 is 15.2 Å². The normalized spacial score (nSPS) is 22.8. The number of carboxylic acid groups (broad SMARTS) is 1. The SMILES string of the molecule is COc1cc(C(=O)O)ccc1OC1CCCC(N)C1. The third-order valence-corrected chi connectivity index (χ3v) is 3.37. The first kappa shape index (κ1) is 13.7. The molecule has 0 spiro atoms. The van der Waals surface area contributed by atoms with E-state index in [4.69, 9.17) is 20.3 Å². The van der Waals surface area contributed by atoms with Gasteiger partial charge in [-0.2, -0.15) is 0 Å². The fourth-order valence-electron chi connectivity index (χ4n) is 2.37. The van der Waals surface area contributed by atoms with E-state index in [0.717, 1.165) is 25.7 Å². The van der Waals surface area contributed by atoms with E-state index in [9.17, 15) is 4.79 Å². The van der Waals surface area contributed by atoms with Crippen LogP contribution in [0.5, 0.6) is 11.5 Å². The van der Waals surface area contributed by atoms with Crippen LogP contribution in [0.25, 0.3) is 0 Å². The smallest absolute Gasteiger partial charge is 0.335 e. The molecule has 1 fully saturated rings. The summed E-state index contributed by atoms with van der Waals surface area (Å²) in [5.74, 6) is 0.0372. The lowest BCUT2D eigenvalue weighted by molar-refractivity contribution is 0.0696. The molecule has 0 saturated heterocycles. The van der Waals surface area contributed by atoms with Crippen LogP contribution in [0.15, 0.2) is 18.2 Å². The minimum Gasteiger partial charge on any atom is -0.493 e. The number of aromatic carboxylic acids is 1. The first-order chi connectivity index (χ1) is 9.10. The predicted molar refractivity (Wildman–Crippen MR) is 70.8 cm³/mol. The number of rotatable bonds is 4. The molecule has 0 aliphatic heterocycles. The third-order valence-electron chi connectivity index (χ3n) is 3.37. The first-order valence-electron chi connectivity index (χ1n) is 6.43. The zero-order valence-corrected chi connectivity index (χ0v) is 11.0. The molecule has 0 radical (unpaired) electrons. The highest BCUT2D eigenvalue weighted by atomic mass is 16.5. The van der Waals surface area contributed by atoms with Gasteiger partial charge in [0.1, 0.15) is 6.10 Å². The summed E-state index contributed by atoms with van der Waals surface area (Å²) in [5, 5.41) is 8.94. The summed E-state index contributed by atoms with van der Waals surface area (Å²) in [6.07, 6.45) is 3.96. The highest BCUT2D eigenvalue weighted by Crippen LogP contribution is 2.31. The van der Waals surface area contributed by atoms with Crippen molar-refractivity contribution in [3.05, 3.63) is 23.8 Å². The Bertz CT molecular complexity index is 461. The number of carboxylic acids is 1. The number of carbonyl (C=O) groups is 1. The molecule has 1 aliphatic carbocycles. The Kier molecular flexibility index (Phi) is 4.27. The summed E-state index contributed by atoms with van der Waals surface area (Å²) < 4.78 is 11.1. The van der Waals surface area contributed by atoms with Crippen molar-refractivity contribution < 1.29 is 19.4 Å². The molecule has 0 aromatic heterocycles. The zero-order valence-electron chi connectivity index (χ0n) is 11.0. The summed E-state index contributed by atoms with van der Waals surface area (Å²) in [7, 11) is 1.50. The van der Waals surface area contributed by atoms with Gasteiger partial charge in [-0.25, -0.2) is 4.79 Å². The Morgan fingerprint density at radius 3 is 2.79 bits per heavy atom. The molecule has 1 saturated carbocycles. The molecule has 5 heteroatoms. The molecule has 104 valence electrons. The van der Waals surface area contributed by atoms with Crippen LogP contribution in [0.4, 0.5) is 0 Å². The second-order valence-electron chi connectivity index (χ2n) is 4.84. The minimum absolute atomic E-state index is 0.0772. The quantitative estimate of drug-likeness (QED) is 0.870. The number of hydrogen-bond acceptors (Lipinski definition) is 4. The second-order valence-corrected chi connectivity index (χ2v) is 4.84. The molecule has 0 amide bonds. The van der Waals surface area contributed by atoms with Crippen molar-refractivity contribution in [3.8, 4) is 11.5 Å². The Morgan fingerprint density at radius 2 is 2.16 bits per heavy atom. The molecule has 3 N–H and O–H groups in total. The largest absolute Gasteiger partial charge is 0.493 e. The van der Waals surface area contributed by atoms with Crippen LogP contribution in [-0.4, -0.2) is 30.3 Å². The molecular weight excluding hydrogens is 246 g/mol. The maximum Gasteiger partial charge on any atom is 0.335 e. The lowest BCUT2D eigenvalue weighted by Gasteiger charge is -2.27. The Balaban J connectivity index is 2.13. The second kappa shape index (κ2) is 5.93. The average Bonchev–Trinajstić information content (AvgIpc) is 2.39.